The van der Waals surface area contributed by atoms with Gasteiger partial charge < -0.3 is 25.2 Å². The fraction of sp³-hybridized carbons (Fsp3) is 0.650. The van der Waals surface area contributed by atoms with Crippen molar-refractivity contribution in [2.24, 2.45) is 10.4 Å². The number of guanidine groups is 1. The molecule has 6 nitrogen and oxygen atoms in total. The minimum Gasteiger partial charge on any atom is -0.490 e. The van der Waals surface area contributed by atoms with Crippen LogP contribution in [0, 0.1) is 5.41 Å². The highest BCUT2D eigenvalue weighted by Gasteiger charge is 2.34. The number of aliphatic hydroxyl groups excluding tert-OH is 1. The Morgan fingerprint density at radius 3 is 2.78 bits per heavy atom. The fourth-order valence-electron chi connectivity index (χ4n) is 3.42. The third-order valence-corrected chi connectivity index (χ3v) is 5.45. The van der Waals surface area contributed by atoms with Crippen molar-refractivity contribution in [1.82, 2.24) is 10.6 Å². The van der Waals surface area contributed by atoms with Crippen LogP contribution in [0.2, 0.25) is 0 Å². The largest absolute Gasteiger partial charge is 0.490 e. The molecule has 7 heteroatoms. The Kier molecular flexibility index (Phi) is 9.11. The second-order valence-corrected chi connectivity index (χ2v) is 7.33. The lowest BCUT2D eigenvalue weighted by atomic mass is 9.84. The van der Waals surface area contributed by atoms with Crippen LogP contribution >= 0.6 is 24.0 Å². The Bertz CT molecular complexity index is 602. The zero-order chi connectivity index (χ0) is 18.2. The molecule has 0 bridgehead atoms. The number of para-hydroxylation sites is 1. The van der Waals surface area contributed by atoms with Crippen molar-refractivity contribution in [1.29, 1.82) is 0 Å². The Balaban J connectivity index is 0.00000261. The summed E-state index contributed by atoms with van der Waals surface area (Å²) in [5.41, 5.74) is 1.13. The number of nitrogens with zero attached hydrogens (tertiary/aromatic N) is 1. The molecular formula is C20H32IN3O3. The van der Waals surface area contributed by atoms with E-state index in [2.05, 4.69) is 21.7 Å². The first-order chi connectivity index (χ1) is 12.7. The zero-order valence-corrected chi connectivity index (χ0v) is 18.4. The zero-order valence-electron chi connectivity index (χ0n) is 16.1. The van der Waals surface area contributed by atoms with Gasteiger partial charge in [-0.2, -0.15) is 0 Å². The monoisotopic (exact) mass is 489 g/mol. The molecule has 1 aromatic rings. The molecule has 0 spiro atoms. The first kappa shape index (κ1) is 22.2. The maximum Gasteiger partial charge on any atom is 0.191 e. The van der Waals surface area contributed by atoms with E-state index in [-0.39, 0.29) is 36.0 Å². The van der Waals surface area contributed by atoms with E-state index < -0.39 is 0 Å². The Labute approximate surface area is 179 Å². The van der Waals surface area contributed by atoms with E-state index in [4.69, 9.17) is 9.47 Å². The van der Waals surface area contributed by atoms with Crippen LogP contribution < -0.4 is 15.4 Å². The Hall–Kier alpha value is -1.06. The average Bonchev–Trinajstić information content (AvgIpc) is 3.08. The van der Waals surface area contributed by atoms with Gasteiger partial charge in [0.25, 0.3) is 0 Å². The second kappa shape index (κ2) is 11.1. The van der Waals surface area contributed by atoms with E-state index in [0.29, 0.717) is 19.3 Å². The van der Waals surface area contributed by atoms with Gasteiger partial charge in [0.1, 0.15) is 5.75 Å². The van der Waals surface area contributed by atoms with E-state index in [9.17, 15) is 5.11 Å². The number of hydrogen-bond acceptors (Lipinski definition) is 4. The van der Waals surface area contributed by atoms with Crippen molar-refractivity contribution in [3.8, 4) is 5.75 Å². The standard InChI is InChI=1S/C20H31N3O3.HI/c1-21-19(23-14-20(9-11-24)10-12-25-15-20)22-13-16-5-2-3-8-18(16)26-17-6-4-7-17;/h2-3,5,8,17,24H,4,6-7,9-15H2,1H3,(H2,21,22,23);1H. The average molecular weight is 489 g/mol. The van der Waals surface area contributed by atoms with Crippen molar-refractivity contribution in [3.05, 3.63) is 29.8 Å². The summed E-state index contributed by atoms with van der Waals surface area (Å²) in [6.07, 6.45) is 5.65. The SMILES string of the molecule is CN=C(NCc1ccccc1OC1CCC1)NCC1(CCO)CCOC1.I. The molecule has 1 atom stereocenters. The van der Waals surface area contributed by atoms with Gasteiger partial charge in [-0.25, -0.2) is 0 Å². The molecule has 27 heavy (non-hydrogen) atoms. The number of hydrogen-bond donors (Lipinski definition) is 3. The van der Waals surface area contributed by atoms with Gasteiger partial charge in [0, 0.05) is 44.3 Å². The number of aliphatic imine (C=N–C) groups is 1. The van der Waals surface area contributed by atoms with E-state index in [0.717, 1.165) is 56.1 Å². The topological polar surface area (TPSA) is 75.1 Å². The number of benzene rings is 1. The lowest BCUT2D eigenvalue weighted by Gasteiger charge is -2.28. The molecule has 152 valence electrons. The van der Waals surface area contributed by atoms with Gasteiger partial charge in [0.2, 0.25) is 0 Å². The van der Waals surface area contributed by atoms with Crippen LogP contribution in [0.3, 0.4) is 0 Å². The predicted molar refractivity (Wildman–Crippen MR) is 118 cm³/mol. The van der Waals surface area contributed by atoms with Gasteiger partial charge >= 0.3 is 0 Å². The lowest BCUT2D eigenvalue weighted by molar-refractivity contribution is 0.119. The van der Waals surface area contributed by atoms with Crippen molar-refractivity contribution in [2.75, 3.05) is 33.4 Å². The molecule has 3 N–H and O–H groups in total. The quantitative estimate of drug-likeness (QED) is 0.298. The smallest absolute Gasteiger partial charge is 0.191 e. The van der Waals surface area contributed by atoms with Crippen LogP contribution in [-0.4, -0.2) is 50.6 Å². The van der Waals surface area contributed by atoms with Crippen LogP contribution in [0.1, 0.15) is 37.7 Å². The normalized spacial score (nSPS) is 22.7. The number of nitrogens with one attached hydrogen (secondary N) is 2. The summed E-state index contributed by atoms with van der Waals surface area (Å²) in [6.45, 7) is 3.04. The van der Waals surface area contributed by atoms with Gasteiger partial charge in [0.05, 0.1) is 12.7 Å². The minimum atomic E-state index is -0.00237. The van der Waals surface area contributed by atoms with Crippen molar-refractivity contribution in [3.63, 3.8) is 0 Å². The van der Waals surface area contributed by atoms with E-state index in [1.165, 1.54) is 6.42 Å². The second-order valence-electron chi connectivity index (χ2n) is 7.33. The molecule has 1 unspecified atom stereocenters. The highest BCUT2D eigenvalue weighted by molar-refractivity contribution is 14.0. The summed E-state index contributed by atoms with van der Waals surface area (Å²) in [4.78, 5) is 4.32. The molecule has 1 aliphatic heterocycles. The maximum absolute atomic E-state index is 9.35. The van der Waals surface area contributed by atoms with Gasteiger partial charge in [0.15, 0.2) is 5.96 Å². The molecule has 0 aromatic heterocycles. The molecule has 1 aromatic carbocycles. The molecule has 0 radical (unpaired) electrons. The molecule has 1 saturated carbocycles. The molecule has 0 amide bonds. The number of rotatable bonds is 8. The molecule has 2 fully saturated rings. The highest BCUT2D eigenvalue weighted by Crippen LogP contribution is 2.31. The maximum atomic E-state index is 9.35. The number of halogens is 1. The first-order valence-electron chi connectivity index (χ1n) is 9.62. The number of ether oxygens (including phenoxy) is 2. The summed E-state index contributed by atoms with van der Waals surface area (Å²) >= 11 is 0. The van der Waals surface area contributed by atoms with Crippen LogP contribution in [0.25, 0.3) is 0 Å². The summed E-state index contributed by atoms with van der Waals surface area (Å²) in [7, 11) is 1.77. The van der Waals surface area contributed by atoms with Crippen LogP contribution in [0.5, 0.6) is 5.75 Å². The Morgan fingerprint density at radius 2 is 2.15 bits per heavy atom. The van der Waals surface area contributed by atoms with Crippen molar-refractivity contribution >= 4 is 29.9 Å². The van der Waals surface area contributed by atoms with Crippen molar-refractivity contribution in [2.45, 2.75) is 44.8 Å². The third-order valence-electron chi connectivity index (χ3n) is 5.45. The first-order valence-corrected chi connectivity index (χ1v) is 9.62. The molecule has 2 aliphatic rings. The molecule has 1 heterocycles. The summed E-state index contributed by atoms with van der Waals surface area (Å²) in [5, 5.41) is 16.1. The van der Waals surface area contributed by atoms with Crippen molar-refractivity contribution < 1.29 is 14.6 Å². The van der Waals surface area contributed by atoms with Gasteiger partial charge in [-0.1, -0.05) is 18.2 Å². The van der Waals surface area contributed by atoms with Crippen LogP contribution in [0.15, 0.2) is 29.3 Å². The van der Waals surface area contributed by atoms with Gasteiger partial charge in [-0.05, 0) is 38.2 Å². The van der Waals surface area contributed by atoms with E-state index >= 15 is 0 Å². The highest BCUT2D eigenvalue weighted by atomic mass is 127. The third kappa shape index (κ3) is 6.22. The predicted octanol–water partition coefficient (Wildman–Crippen LogP) is 2.69. The number of aliphatic hydroxyl groups is 1. The van der Waals surface area contributed by atoms with Gasteiger partial charge in [-0.15, -0.1) is 24.0 Å². The lowest BCUT2D eigenvalue weighted by Crippen LogP contribution is -2.44. The summed E-state index contributed by atoms with van der Waals surface area (Å²) in [6, 6.07) is 8.18. The van der Waals surface area contributed by atoms with Crippen LogP contribution in [0.4, 0.5) is 0 Å². The molecular weight excluding hydrogens is 457 g/mol. The van der Waals surface area contributed by atoms with E-state index in [1.807, 2.05) is 18.2 Å². The fourth-order valence-corrected chi connectivity index (χ4v) is 3.42. The summed E-state index contributed by atoms with van der Waals surface area (Å²) in [5.74, 6) is 1.72. The van der Waals surface area contributed by atoms with Gasteiger partial charge in [-0.3, -0.25) is 4.99 Å². The molecule has 3 rings (SSSR count). The van der Waals surface area contributed by atoms with Crippen LogP contribution in [-0.2, 0) is 11.3 Å². The minimum absolute atomic E-state index is 0. The molecule has 1 saturated heterocycles. The van der Waals surface area contributed by atoms with E-state index in [1.54, 1.807) is 7.05 Å². The summed E-state index contributed by atoms with van der Waals surface area (Å²) < 4.78 is 11.6. The Morgan fingerprint density at radius 1 is 1.33 bits per heavy atom. The molecule has 1 aliphatic carbocycles.